The predicted octanol–water partition coefficient (Wildman–Crippen LogP) is 5.71. The zero-order valence-corrected chi connectivity index (χ0v) is 20.1. The van der Waals surface area contributed by atoms with Crippen LogP contribution in [-0.2, 0) is 21.8 Å². The summed E-state index contributed by atoms with van der Waals surface area (Å²) in [6.07, 6.45) is -8.85. The van der Waals surface area contributed by atoms with Crippen molar-refractivity contribution in [1.29, 1.82) is 0 Å². The quantitative estimate of drug-likeness (QED) is 0.422. The predicted molar refractivity (Wildman–Crippen MR) is 119 cm³/mol. The molecule has 2 aromatic carbocycles. The molecule has 34 heavy (non-hydrogen) atoms. The first kappa shape index (κ1) is 26.1. The van der Waals surface area contributed by atoms with Crippen molar-refractivity contribution in [3.8, 4) is 0 Å². The monoisotopic (exact) mass is 616 g/mol. The molecular weight excluding hydrogens is 602 g/mol. The van der Waals surface area contributed by atoms with Crippen molar-refractivity contribution in [1.82, 2.24) is 0 Å². The van der Waals surface area contributed by atoms with Crippen molar-refractivity contribution in [2.45, 2.75) is 24.4 Å². The van der Waals surface area contributed by atoms with Gasteiger partial charge in [-0.15, -0.1) is 0 Å². The summed E-state index contributed by atoms with van der Waals surface area (Å²) in [5, 5.41) is 0. The fourth-order valence-corrected chi connectivity index (χ4v) is 3.95. The highest BCUT2D eigenvalue weighted by molar-refractivity contribution is 9.10. The maximum Gasteiger partial charge on any atom is 0.416 e. The van der Waals surface area contributed by atoms with Gasteiger partial charge in [-0.25, -0.2) is 9.98 Å². The van der Waals surface area contributed by atoms with E-state index in [4.69, 9.17) is 20.9 Å². The molecule has 14 heteroatoms. The lowest BCUT2D eigenvalue weighted by molar-refractivity contribution is -0.139. The topological polar surface area (TPSA) is 95.2 Å². The standard InChI is InChI=1S/2C10H8BrF3N2O/c2*11-5-1-2-6(7(3-5)10(12,13)14)8-4-17-9(15)16-8/h2*1-3,8H,4H2,(H2,15,16)/t2*8-/m10/s1. The lowest BCUT2D eigenvalue weighted by atomic mass is 10.0. The van der Waals surface area contributed by atoms with Crippen LogP contribution in [-0.4, -0.2) is 25.3 Å². The van der Waals surface area contributed by atoms with E-state index in [0.29, 0.717) is 8.95 Å². The molecule has 2 aliphatic heterocycles. The summed E-state index contributed by atoms with van der Waals surface area (Å²) in [5.41, 5.74) is 9.27. The highest BCUT2D eigenvalue weighted by Crippen LogP contribution is 2.39. The summed E-state index contributed by atoms with van der Waals surface area (Å²) in [7, 11) is 0. The Labute approximate surface area is 206 Å². The van der Waals surface area contributed by atoms with E-state index in [1.807, 2.05) is 0 Å². The summed E-state index contributed by atoms with van der Waals surface area (Å²) in [6, 6.07) is 6.34. The van der Waals surface area contributed by atoms with Gasteiger partial charge in [0.1, 0.15) is 25.3 Å². The number of amidine groups is 2. The fourth-order valence-electron chi connectivity index (χ4n) is 3.23. The molecule has 4 N–H and O–H groups in total. The molecule has 0 fully saturated rings. The van der Waals surface area contributed by atoms with Crippen molar-refractivity contribution < 1.29 is 35.8 Å². The number of nitrogens with two attached hydrogens (primary N) is 2. The molecule has 0 saturated heterocycles. The maximum atomic E-state index is 12.8. The molecule has 2 heterocycles. The normalized spacial score (nSPS) is 20.0. The molecule has 0 unspecified atom stereocenters. The van der Waals surface area contributed by atoms with Crippen LogP contribution in [0.3, 0.4) is 0 Å². The Hall–Kier alpha value is -2.48. The third-order valence-electron chi connectivity index (χ3n) is 4.70. The molecule has 0 saturated carbocycles. The van der Waals surface area contributed by atoms with Crippen molar-refractivity contribution in [2.75, 3.05) is 13.2 Å². The van der Waals surface area contributed by atoms with Crippen molar-refractivity contribution in [2.24, 2.45) is 21.5 Å². The van der Waals surface area contributed by atoms with Gasteiger partial charge in [0.15, 0.2) is 0 Å². The van der Waals surface area contributed by atoms with E-state index in [0.717, 1.165) is 12.1 Å². The van der Waals surface area contributed by atoms with Crippen LogP contribution in [0.2, 0.25) is 0 Å². The minimum absolute atomic E-state index is 0.0382. The van der Waals surface area contributed by atoms with Crippen LogP contribution in [0.15, 0.2) is 55.3 Å². The number of ether oxygens (including phenoxy) is 2. The third-order valence-corrected chi connectivity index (χ3v) is 5.69. The fraction of sp³-hybridized carbons (Fsp3) is 0.300. The zero-order chi connectivity index (χ0) is 25.3. The second-order valence-corrected chi connectivity index (χ2v) is 8.88. The summed E-state index contributed by atoms with van der Waals surface area (Å²) < 4.78 is 87.5. The van der Waals surface area contributed by atoms with Gasteiger partial charge in [0.05, 0.1) is 11.1 Å². The first-order valence-corrected chi connectivity index (χ1v) is 11.0. The minimum Gasteiger partial charge on any atom is -0.463 e. The van der Waals surface area contributed by atoms with Gasteiger partial charge in [-0.05, 0) is 35.4 Å². The highest BCUT2D eigenvalue weighted by Gasteiger charge is 2.37. The Bertz CT molecular complexity index is 1030. The Morgan fingerprint density at radius 2 is 1.06 bits per heavy atom. The lowest BCUT2D eigenvalue weighted by Crippen LogP contribution is -2.12. The molecule has 4 rings (SSSR count). The summed E-state index contributed by atoms with van der Waals surface area (Å²) in [5.74, 6) is 0. The molecular formula is C20H16Br2F6N4O2. The van der Waals surface area contributed by atoms with E-state index >= 15 is 0 Å². The average molecular weight is 618 g/mol. The van der Waals surface area contributed by atoms with E-state index in [1.165, 1.54) is 24.3 Å². The van der Waals surface area contributed by atoms with E-state index in [9.17, 15) is 26.3 Å². The zero-order valence-electron chi connectivity index (χ0n) is 16.9. The van der Waals surface area contributed by atoms with Crippen LogP contribution >= 0.6 is 31.9 Å². The van der Waals surface area contributed by atoms with Gasteiger partial charge in [-0.3, -0.25) is 0 Å². The first-order chi connectivity index (χ1) is 15.8. The minimum atomic E-state index is -4.42. The van der Waals surface area contributed by atoms with E-state index in [1.54, 1.807) is 0 Å². The number of hydrogen-bond acceptors (Lipinski definition) is 6. The average Bonchev–Trinajstić information content (AvgIpc) is 3.35. The lowest BCUT2D eigenvalue weighted by Gasteiger charge is -2.15. The largest absolute Gasteiger partial charge is 0.463 e. The van der Waals surface area contributed by atoms with Crippen LogP contribution in [0, 0.1) is 0 Å². The van der Waals surface area contributed by atoms with Gasteiger partial charge in [0.2, 0.25) is 0 Å². The number of hydrogen-bond donors (Lipinski definition) is 2. The van der Waals surface area contributed by atoms with Crippen LogP contribution in [0.25, 0.3) is 0 Å². The SMILES string of the molecule is NC1=N[C@@H](c2ccc(Br)cc2C(F)(F)F)CO1.NC1=N[C@H](c2ccc(Br)cc2C(F)(F)F)CO1. The molecule has 2 aromatic rings. The van der Waals surface area contributed by atoms with Gasteiger partial charge < -0.3 is 20.9 Å². The smallest absolute Gasteiger partial charge is 0.416 e. The van der Waals surface area contributed by atoms with Crippen molar-refractivity contribution in [3.05, 3.63) is 67.6 Å². The molecule has 2 aliphatic rings. The summed E-state index contributed by atoms with van der Waals surface area (Å²) >= 11 is 6.03. The second-order valence-electron chi connectivity index (χ2n) is 7.05. The number of halogens is 8. The Kier molecular flexibility index (Phi) is 7.70. The number of alkyl halides is 6. The summed E-state index contributed by atoms with van der Waals surface area (Å²) in [6.45, 7) is 0.0765. The molecule has 2 atom stereocenters. The molecule has 0 radical (unpaired) electrons. The Morgan fingerprint density at radius 3 is 1.32 bits per heavy atom. The van der Waals surface area contributed by atoms with E-state index < -0.39 is 35.6 Å². The van der Waals surface area contributed by atoms with Gasteiger partial charge in [-0.2, -0.15) is 26.3 Å². The molecule has 0 amide bonds. The highest BCUT2D eigenvalue weighted by atomic mass is 79.9. The van der Waals surface area contributed by atoms with Crippen LogP contribution in [0.1, 0.15) is 34.3 Å². The van der Waals surface area contributed by atoms with E-state index in [-0.39, 0.29) is 36.4 Å². The molecule has 0 aromatic heterocycles. The van der Waals surface area contributed by atoms with Gasteiger partial charge in [-0.1, -0.05) is 44.0 Å². The molecule has 0 bridgehead atoms. The first-order valence-electron chi connectivity index (χ1n) is 9.41. The molecule has 0 aliphatic carbocycles. The number of rotatable bonds is 2. The maximum absolute atomic E-state index is 12.8. The van der Waals surface area contributed by atoms with Crippen LogP contribution in [0.4, 0.5) is 26.3 Å². The second kappa shape index (κ2) is 10.0. The third kappa shape index (κ3) is 6.34. The molecule has 0 spiro atoms. The Morgan fingerprint density at radius 1 is 0.706 bits per heavy atom. The van der Waals surface area contributed by atoms with Gasteiger partial charge in [0.25, 0.3) is 12.0 Å². The van der Waals surface area contributed by atoms with Gasteiger partial charge in [0, 0.05) is 8.95 Å². The van der Waals surface area contributed by atoms with Crippen LogP contribution < -0.4 is 11.5 Å². The van der Waals surface area contributed by atoms with Gasteiger partial charge >= 0.3 is 12.4 Å². The van der Waals surface area contributed by atoms with Crippen LogP contribution in [0.5, 0.6) is 0 Å². The molecule has 184 valence electrons. The number of aliphatic imine (C=N–C) groups is 2. The van der Waals surface area contributed by atoms with Crippen molar-refractivity contribution in [3.63, 3.8) is 0 Å². The van der Waals surface area contributed by atoms with Crippen molar-refractivity contribution >= 4 is 43.9 Å². The van der Waals surface area contributed by atoms with E-state index in [2.05, 4.69) is 41.8 Å². The Balaban J connectivity index is 0.000000191. The summed E-state index contributed by atoms with van der Waals surface area (Å²) in [4.78, 5) is 7.64. The number of nitrogens with zero attached hydrogens (tertiary/aromatic N) is 2. The molecule has 6 nitrogen and oxygen atoms in total. The number of benzene rings is 2.